The molecule has 8 nitrogen and oxygen atoms in total. The van der Waals surface area contributed by atoms with Gasteiger partial charge in [-0.2, -0.15) is 13.2 Å². The molecule has 2 aromatic carbocycles. The molecule has 0 N–H and O–H groups in total. The smallest absolute Gasteiger partial charge is 0.378 e. The second-order valence-corrected chi connectivity index (χ2v) is 8.41. The van der Waals surface area contributed by atoms with Gasteiger partial charge in [0, 0.05) is 51.4 Å². The Hall–Kier alpha value is -3.05. The van der Waals surface area contributed by atoms with Gasteiger partial charge in [0.2, 0.25) is 0 Å². The second-order valence-electron chi connectivity index (χ2n) is 8.00. The zero-order chi connectivity index (χ0) is 24.5. The van der Waals surface area contributed by atoms with Gasteiger partial charge in [0.1, 0.15) is 0 Å². The predicted molar refractivity (Wildman–Crippen MR) is 121 cm³/mol. The van der Waals surface area contributed by atoms with Gasteiger partial charge in [0.25, 0.3) is 11.6 Å². The van der Waals surface area contributed by atoms with E-state index in [-0.39, 0.29) is 22.2 Å². The number of halogens is 4. The number of nitrogens with zero attached hydrogens (tertiary/aromatic N) is 4. The summed E-state index contributed by atoms with van der Waals surface area (Å²) in [6.45, 7) is 3.44. The Labute approximate surface area is 198 Å². The third-order valence-corrected chi connectivity index (χ3v) is 6.26. The third-order valence-electron chi connectivity index (χ3n) is 5.96. The van der Waals surface area contributed by atoms with Gasteiger partial charge in [0.15, 0.2) is 0 Å². The van der Waals surface area contributed by atoms with Crippen molar-refractivity contribution in [3.8, 4) is 0 Å². The van der Waals surface area contributed by atoms with Crippen LogP contribution in [0.4, 0.5) is 30.2 Å². The number of hydrogen-bond acceptors (Lipinski definition) is 6. The number of anilines is 2. The van der Waals surface area contributed by atoms with E-state index in [2.05, 4.69) is 0 Å². The highest BCUT2D eigenvalue weighted by Gasteiger charge is 2.32. The highest BCUT2D eigenvalue weighted by atomic mass is 35.5. The van der Waals surface area contributed by atoms with Crippen molar-refractivity contribution in [1.29, 1.82) is 0 Å². The van der Waals surface area contributed by atoms with Gasteiger partial charge in [-0.15, -0.1) is 0 Å². The molecule has 2 heterocycles. The topological polar surface area (TPSA) is 79.2 Å². The molecule has 4 rings (SSSR count). The van der Waals surface area contributed by atoms with Gasteiger partial charge in [-0.05, 0) is 24.3 Å². The summed E-state index contributed by atoms with van der Waals surface area (Å²) in [5.41, 5.74) is 0.335. The van der Waals surface area contributed by atoms with Crippen molar-refractivity contribution in [2.75, 3.05) is 62.3 Å². The van der Waals surface area contributed by atoms with Crippen molar-refractivity contribution in [3.63, 3.8) is 0 Å². The lowest BCUT2D eigenvalue weighted by Crippen LogP contribution is -2.49. The maximum absolute atomic E-state index is 13.4. The normalized spacial score (nSPS) is 17.1. The first-order chi connectivity index (χ1) is 16.1. The summed E-state index contributed by atoms with van der Waals surface area (Å²) in [4.78, 5) is 29.5. The monoisotopic (exact) mass is 498 g/mol. The molecule has 2 saturated heterocycles. The first kappa shape index (κ1) is 24.1. The summed E-state index contributed by atoms with van der Waals surface area (Å²) < 4.78 is 44.1. The second kappa shape index (κ2) is 9.67. The van der Waals surface area contributed by atoms with Crippen LogP contribution in [0, 0.1) is 10.1 Å². The SMILES string of the molecule is O=C(c1cc([N+](=O)[O-])ccc1N1CCOCC1)N1CCN(c2ccc(C(F)(F)F)cc2Cl)CC1. The number of rotatable bonds is 4. The molecule has 0 saturated carbocycles. The van der Waals surface area contributed by atoms with Gasteiger partial charge < -0.3 is 19.4 Å². The minimum atomic E-state index is -4.48. The molecule has 2 aromatic rings. The summed E-state index contributed by atoms with van der Waals surface area (Å²) in [6, 6.07) is 7.48. The summed E-state index contributed by atoms with van der Waals surface area (Å²) >= 11 is 6.12. The average molecular weight is 499 g/mol. The van der Waals surface area contributed by atoms with Crippen molar-refractivity contribution >= 4 is 34.6 Å². The van der Waals surface area contributed by atoms with Gasteiger partial charge in [-0.1, -0.05) is 11.6 Å². The molecule has 0 radical (unpaired) electrons. The minimum absolute atomic E-state index is 0.0112. The fraction of sp³-hybridized carbons (Fsp3) is 0.409. The van der Waals surface area contributed by atoms with Crippen molar-refractivity contribution in [2.45, 2.75) is 6.18 Å². The van der Waals surface area contributed by atoms with Gasteiger partial charge in [-0.3, -0.25) is 14.9 Å². The number of amides is 1. The molecule has 0 aromatic heterocycles. The summed E-state index contributed by atoms with van der Waals surface area (Å²) in [6.07, 6.45) is -4.48. The van der Waals surface area contributed by atoms with Crippen molar-refractivity contribution in [2.24, 2.45) is 0 Å². The molecule has 2 aliphatic rings. The quantitative estimate of drug-likeness (QED) is 0.467. The van der Waals surface area contributed by atoms with Crippen LogP contribution in [0.25, 0.3) is 0 Å². The van der Waals surface area contributed by atoms with Gasteiger partial charge in [-0.25, -0.2) is 0 Å². The van der Waals surface area contributed by atoms with E-state index < -0.39 is 16.7 Å². The van der Waals surface area contributed by atoms with Crippen LogP contribution in [-0.2, 0) is 10.9 Å². The maximum atomic E-state index is 13.4. The van der Waals surface area contributed by atoms with Crippen molar-refractivity contribution in [3.05, 3.63) is 62.7 Å². The Morgan fingerprint density at radius 1 is 0.941 bits per heavy atom. The lowest BCUT2D eigenvalue weighted by atomic mass is 10.1. The van der Waals surface area contributed by atoms with Gasteiger partial charge >= 0.3 is 6.18 Å². The Bertz CT molecular complexity index is 1080. The van der Waals surface area contributed by atoms with E-state index in [9.17, 15) is 28.1 Å². The van der Waals surface area contributed by atoms with Crippen LogP contribution >= 0.6 is 11.6 Å². The van der Waals surface area contributed by atoms with Gasteiger partial charge in [0.05, 0.1) is 45.7 Å². The van der Waals surface area contributed by atoms with E-state index in [1.165, 1.54) is 18.2 Å². The standard InChI is InChI=1S/C22H22ClF3N4O4/c23-18-13-15(22(24,25)26)1-3-20(18)27-5-7-29(8-6-27)21(31)17-14-16(30(32)33)2-4-19(17)28-9-11-34-12-10-28/h1-4,13-14H,5-12H2. The fourth-order valence-electron chi connectivity index (χ4n) is 4.15. The number of benzene rings is 2. The molecule has 2 aliphatic heterocycles. The lowest BCUT2D eigenvalue weighted by Gasteiger charge is -2.37. The zero-order valence-electron chi connectivity index (χ0n) is 18.1. The Morgan fingerprint density at radius 3 is 2.15 bits per heavy atom. The van der Waals surface area contributed by atoms with Crippen LogP contribution in [0.3, 0.4) is 0 Å². The molecule has 2 fully saturated rings. The molecular weight excluding hydrogens is 477 g/mol. The van der Waals surface area contributed by atoms with Crippen molar-refractivity contribution in [1.82, 2.24) is 4.90 Å². The number of morpholine rings is 1. The highest BCUT2D eigenvalue weighted by molar-refractivity contribution is 6.33. The molecule has 0 unspecified atom stereocenters. The Morgan fingerprint density at radius 2 is 1.56 bits per heavy atom. The van der Waals surface area contributed by atoms with E-state index in [0.717, 1.165) is 12.1 Å². The molecule has 0 bridgehead atoms. The number of nitro benzene ring substituents is 1. The number of carbonyl (C=O) groups is 1. The van der Waals surface area contributed by atoms with E-state index in [4.69, 9.17) is 16.3 Å². The third kappa shape index (κ3) is 5.05. The number of ether oxygens (including phenoxy) is 1. The summed E-state index contributed by atoms with van der Waals surface area (Å²) in [5, 5.41) is 11.3. The predicted octanol–water partition coefficient (Wildman–Crippen LogP) is 4.07. The summed E-state index contributed by atoms with van der Waals surface area (Å²) in [5.74, 6) is -0.330. The highest BCUT2D eigenvalue weighted by Crippen LogP contribution is 2.35. The Balaban J connectivity index is 1.51. The molecule has 0 atom stereocenters. The number of carbonyl (C=O) groups excluding carboxylic acids is 1. The number of alkyl halides is 3. The number of hydrogen-bond donors (Lipinski definition) is 0. The minimum Gasteiger partial charge on any atom is -0.378 e. The Kier molecular flexibility index (Phi) is 6.85. The van der Waals surface area contributed by atoms with Crippen LogP contribution in [-0.4, -0.2) is 68.2 Å². The van der Waals surface area contributed by atoms with Crippen LogP contribution in [0.1, 0.15) is 15.9 Å². The average Bonchev–Trinajstić information content (AvgIpc) is 2.83. The molecule has 0 aliphatic carbocycles. The molecule has 12 heteroatoms. The van der Waals surface area contributed by atoms with Crippen LogP contribution in [0.5, 0.6) is 0 Å². The van der Waals surface area contributed by atoms with E-state index in [1.54, 1.807) is 11.0 Å². The maximum Gasteiger partial charge on any atom is 0.416 e. The van der Waals surface area contributed by atoms with Crippen molar-refractivity contribution < 1.29 is 27.6 Å². The summed E-state index contributed by atoms with van der Waals surface area (Å²) in [7, 11) is 0. The number of non-ortho nitro benzene ring substituents is 1. The number of nitro groups is 1. The molecule has 182 valence electrons. The first-order valence-corrected chi connectivity index (χ1v) is 11.0. The first-order valence-electron chi connectivity index (χ1n) is 10.7. The lowest BCUT2D eigenvalue weighted by molar-refractivity contribution is -0.384. The van der Waals surface area contributed by atoms with Crippen LogP contribution < -0.4 is 9.80 Å². The van der Waals surface area contributed by atoms with E-state index >= 15 is 0 Å². The fourth-order valence-corrected chi connectivity index (χ4v) is 4.45. The molecule has 34 heavy (non-hydrogen) atoms. The number of piperazine rings is 1. The molecule has 0 spiro atoms. The molecular formula is C22H22ClF3N4O4. The van der Waals surface area contributed by atoms with Crippen LogP contribution in [0.2, 0.25) is 5.02 Å². The zero-order valence-corrected chi connectivity index (χ0v) is 18.8. The van der Waals surface area contributed by atoms with E-state index in [1.807, 2.05) is 9.80 Å². The largest absolute Gasteiger partial charge is 0.416 e. The molecule has 1 amide bonds. The van der Waals surface area contributed by atoms with Crippen LogP contribution in [0.15, 0.2) is 36.4 Å². The van der Waals surface area contributed by atoms with E-state index in [0.29, 0.717) is 63.9 Å².